The molecule has 1 fully saturated rings. The Balaban J connectivity index is 2.16. The van der Waals surface area contributed by atoms with E-state index in [1.165, 1.54) is 0 Å². The van der Waals surface area contributed by atoms with Gasteiger partial charge in [0.15, 0.2) is 5.96 Å². The van der Waals surface area contributed by atoms with E-state index in [2.05, 4.69) is 39.8 Å². The van der Waals surface area contributed by atoms with Crippen molar-refractivity contribution in [3.05, 3.63) is 0 Å². The molecule has 20 heavy (non-hydrogen) atoms. The fraction of sp³-hybridized carbons (Fsp3) is 0.857. The molecule has 1 aliphatic rings. The van der Waals surface area contributed by atoms with Crippen molar-refractivity contribution >= 4 is 11.9 Å². The van der Waals surface area contributed by atoms with E-state index in [1.807, 2.05) is 6.92 Å². The molecule has 0 aromatic carbocycles. The summed E-state index contributed by atoms with van der Waals surface area (Å²) >= 11 is 0. The van der Waals surface area contributed by atoms with Crippen LogP contribution in [0.25, 0.3) is 0 Å². The van der Waals surface area contributed by atoms with Crippen LogP contribution in [-0.2, 0) is 4.79 Å². The normalized spacial score (nSPS) is 15.3. The molecule has 3 N–H and O–H groups in total. The van der Waals surface area contributed by atoms with Crippen LogP contribution in [0.15, 0.2) is 4.99 Å². The summed E-state index contributed by atoms with van der Waals surface area (Å²) in [6.45, 7) is 9.12. The summed E-state index contributed by atoms with van der Waals surface area (Å²) in [5.74, 6) is 1.29. The van der Waals surface area contributed by atoms with Gasteiger partial charge in [0.05, 0.1) is 6.54 Å². The van der Waals surface area contributed by atoms with E-state index in [0.717, 1.165) is 45.0 Å². The lowest BCUT2D eigenvalue weighted by molar-refractivity contribution is -0.122. The van der Waals surface area contributed by atoms with E-state index in [9.17, 15) is 4.79 Å². The highest BCUT2D eigenvalue weighted by molar-refractivity contribution is 5.81. The Kier molecular flexibility index (Phi) is 8.02. The second-order valence-corrected chi connectivity index (χ2v) is 5.15. The number of carbonyl (C=O) groups excluding carboxylic acids is 1. The van der Waals surface area contributed by atoms with Gasteiger partial charge in [0.25, 0.3) is 0 Å². The molecule has 6 heteroatoms. The average Bonchev–Trinajstić information content (AvgIpc) is 3.27. The fourth-order valence-corrected chi connectivity index (χ4v) is 1.69. The number of rotatable bonds is 9. The molecular formula is C14H29N5O. The predicted molar refractivity (Wildman–Crippen MR) is 82.9 cm³/mol. The monoisotopic (exact) mass is 283 g/mol. The summed E-state index contributed by atoms with van der Waals surface area (Å²) in [4.78, 5) is 18.2. The van der Waals surface area contributed by atoms with E-state index in [1.54, 1.807) is 0 Å². The zero-order chi connectivity index (χ0) is 14.8. The summed E-state index contributed by atoms with van der Waals surface area (Å²) in [6.07, 6.45) is 2.10. The Labute approximate surface area is 122 Å². The molecule has 1 rings (SSSR count). The molecular weight excluding hydrogens is 254 g/mol. The molecule has 0 bridgehead atoms. The molecule has 0 aromatic rings. The summed E-state index contributed by atoms with van der Waals surface area (Å²) in [5, 5.41) is 9.37. The van der Waals surface area contributed by atoms with E-state index in [4.69, 9.17) is 0 Å². The third-order valence-corrected chi connectivity index (χ3v) is 3.30. The van der Waals surface area contributed by atoms with Crippen LogP contribution >= 0.6 is 0 Å². The number of nitrogens with zero attached hydrogens (tertiary/aromatic N) is 2. The van der Waals surface area contributed by atoms with Gasteiger partial charge in [0.2, 0.25) is 5.91 Å². The van der Waals surface area contributed by atoms with Crippen LogP contribution in [0.4, 0.5) is 0 Å². The Hall–Kier alpha value is -1.30. The number of aliphatic imine (C=N–C) groups is 1. The molecule has 1 saturated carbocycles. The van der Waals surface area contributed by atoms with Crippen molar-refractivity contribution in [1.82, 2.24) is 20.9 Å². The van der Waals surface area contributed by atoms with Crippen LogP contribution in [0, 0.1) is 5.92 Å². The van der Waals surface area contributed by atoms with Crippen molar-refractivity contribution in [2.45, 2.75) is 26.7 Å². The number of nitrogens with one attached hydrogen (secondary N) is 3. The molecule has 0 unspecified atom stereocenters. The van der Waals surface area contributed by atoms with Gasteiger partial charge >= 0.3 is 0 Å². The van der Waals surface area contributed by atoms with Crippen molar-refractivity contribution in [2.75, 3.05) is 46.3 Å². The van der Waals surface area contributed by atoms with Gasteiger partial charge in [-0.05, 0) is 33.4 Å². The highest BCUT2D eigenvalue weighted by atomic mass is 16.2. The maximum atomic E-state index is 11.5. The lowest BCUT2D eigenvalue weighted by Gasteiger charge is -2.14. The maximum absolute atomic E-state index is 11.5. The van der Waals surface area contributed by atoms with Crippen LogP contribution < -0.4 is 16.0 Å². The van der Waals surface area contributed by atoms with Crippen molar-refractivity contribution in [3.63, 3.8) is 0 Å². The van der Waals surface area contributed by atoms with E-state index >= 15 is 0 Å². The van der Waals surface area contributed by atoms with Gasteiger partial charge < -0.3 is 20.9 Å². The maximum Gasteiger partial charge on any atom is 0.223 e. The van der Waals surface area contributed by atoms with Gasteiger partial charge in [0, 0.05) is 32.1 Å². The van der Waals surface area contributed by atoms with Crippen LogP contribution in [-0.4, -0.2) is 63.1 Å². The molecule has 0 saturated heterocycles. The highest BCUT2D eigenvalue weighted by Gasteiger charge is 2.28. The summed E-state index contributed by atoms with van der Waals surface area (Å²) in [5.41, 5.74) is 0. The van der Waals surface area contributed by atoms with Crippen molar-refractivity contribution < 1.29 is 4.79 Å². The van der Waals surface area contributed by atoms with Gasteiger partial charge in [0.1, 0.15) is 0 Å². The van der Waals surface area contributed by atoms with Crippen LogP contribution in [0.5, 0.6) is 0 Å². The molecule has 0 radical (unpaired) electrons. The molecule has 6 nitrogen and oxygen atoms in total. The molecule has 0 aliphatic heterocycles. The van der Waals surface area contributed by atoms with Gasteiger partial charge in [-0.3, -0.25) is 9.79 Å². The first-order valence-corrected chi connectivity index (χ1v) is 7.65. The first-order valence-electron chi connectivity index (χ1n) is 7.65. The third-order valence-electron chi connectivity index (χ3n) is 3.30. The van der Waals surface area contributed by atoms with E-state index in [0.29, 0.717) is 13.1 Å². The summed E-state index contributed by atoms with van der Waals surface area (Å²) in [6, 6.07) is 0. The minimum atomic E-state index is 0.193. The van der Waals surface area contributed by atoms with Gasteiger partial charge in [-0.1, -0.05) is 6.92 Å². The summed E-state index contributed by atoms with van der Waals surface area (Å²) < 4.78 is 0. The Morgan fingerprint density at radius 1 is 1.20 bits per heavy atom. The fourth-order valence-electron chi connectivity index (χ4n) is 1.69. The average molecular weight is 283 g/mol. The Morgan fingerprint density at radius 3 is 2.50 bits per heavy atom. The standard InChI is InChI=1S/C14H29N5O/c1-4-15-14(18-10-11-19(3)5-2)17-9-8-16-13(20)12-6-7-12/h12H,4-11H2,1-3H3,(H,16,20)(H2,15,17,18). The number of hydrogen-bond donors (Lipinski definition) is 3. The second-order valence-electron chi connectivity index (χ2n) is 5.15. The number of likely N-dealkylation sites (N-methyl/N-ethyl adjacent to an activating group) is 1. The minimum Gasteiger partial charge on any atom is -0.357 e. The molecule has 1 aliphatic carbocycles. The molecule has 0 heterocycles. The van der Waals surface area contributed by atoms with Crippen LogP contribution in [0.1, 0.15) is 26.7 Å². The first kappa shape index (κ1) is 16.8. The quantitative estimate of drug-likeness (QED) is 0.317. The smallest absolute Gasteiger partial charge is 0.223 e. The topological polar surface area (TPSA) is 68.8 Å². The lowest BCUT2D eigenvalue weighted by Crippen LogP contribution is -2.42. The molecule has 0 spiro atoms. The zero-order valence-electron chi connectivity index (χ0n) is 13.0. The molecule has 116 valence electrons. The van der Waals surface area contributed by atoms with E-state index < -0.39 is 0 Å². The molecule has 0 atom stereocenters. The number of guanidine groups is 1. The molecule has 0 aromatic heterocycles. The summed E-state index contributed by atoms with van der Waals surface area (Å²) in [7, 11) is 2.09. The third kappa shape index (κ3) is 7.33. The first-order chi connectivity index (χ1) is 9.67. The lowest BCUT2D eigenvalue weighted by atomic mass is 10.4. The predicted octanol–water partition coefficient (Wildman–Crippen LogP) is 0.0194. The minimum absolute atomic E-state index is 0.193. The van der Waals surface area contributed by atoms with Crippen LogP contribution in [0.2, 0.25) is 0 Å². The zero-order valence-corrected chi connectivity index (χ0v) is 13.0. The highest BCUT2D eigenvalue weighted by Crippen LogP contribution is 2.28. The second kappa shape index (κ2) is 9.58. The molecule has 1 amide bonds. The van der Waals surface area contributed by atoms with E-state index in [-0.39, 0.29) is 11.8 Å². The Morgan fingerprint density at radius 2 is 1.90 bits per heavy atom. The SMILES string of the molecule is CCNC(=NCCN(C)CC)NCCNC(=O)C1CC1. The van der Waals surface area contributed by atoms with Crippen molar-refractivity contribution in [2.24, 2.45) is 10.9 Å². The number of hydrogen-bond acceptors (Lipinski definition) is 3. The Bertz CT molecular complexity index is 315. The van der Waals surface area contributed by atoms with Crippen molar-refractivity contribution in [1.29, 1.82) is 0 Å². The van der Waals surface area contributed by atoms with Gasteiger partial charge in [-0.25, -0.2) is 0 Å². The number of carbonyl (C=O) groups is 1. The largest absolute Gasteiger partial charge is 0.357 e. The van der Waals surface area contributed by atoms with Gasteiger partial charge in [-0.15, -0.1) is 0 Å². The van der Waals surface area contributed by atoms with Crippen molar-refractivity contribution in [3.8, 4) is 0 Å². The number of amides is 1. The van der Waals surface area contributed by atoms with Crippen LogP contribution in [0.3, 0.4) is 0 Å². The van der Waals surface area contributed by atoms with Gasteiger partial charge in [-0.2, -0.15) is 0 Å².